The van der Waals surface area contributed by atoms with Crippen LogP contribution in [0.3, 0.4) is 0 Å². The Labute approximate surface area is 119 Å². The first kappa shape index (κ1) is 15.8. The quantitative estimate of drug-likeness (QED) is 0.368. The largest absolute Gasteiger partial charge is 0.464 e. The maximum absolute atomic E-state index is 13.6. The van der Waals surface area contributed by atoms with Gasteiger partial charge in [0.1, 0.15) is 0 Å². The minimum atomic E-state index is -2.33. The summed E-state index contributed by atoms with van der Waals surface area (Å²) in [6.07, 6.45) is 0.591. The lowest BCUT2D eigenvalue weighted by molar-refractivity contribution is 0.0588. The van der Waals surface area contributed by atoms with Crippen LogP contribution >= 0.6 is 0 Å². The maximum Gasteiger partial charge on any atom is 0.359 e. The number of aromatic nitrogens is 1. The first-order chi connectivity index (χ1) is 10.3. The van der Waals surface area contributed by atoms with Gasteiger partial charge in [-0.2, -0.15) is 0 Å². The molecule has 0 atom stereocenters. The molecule has 2 aromatic rings. The molecule has 0 unspecified atom stereocenters. The lowest BCUT2D eigenvalue weighted by Crippen LogP contribution is -2.09. The van der Waals surface area contributed by atoms with Gasteiger partial charge in [-0.15, -0.1) is 0 Å². The number of ether oxygens (including phenoxy) is 1. The average Bonchev–Trinajstić information content (AvgIpc) is 2.50. The van der Waals surface area contributed by atoms with Crippen molar-refractivity contribution < 1.29 is 35.9 Å². The second-order valence-corrected chi connectivity index (χ2v) is 3.99. The number of hydrogen-bond acceptors (Lipinski definition) is 3. The summed E-state index contributed by atoms with van der Waals surface area (Å²) in [6, 6.07) is 0.414. The van der Waals surface area contributed by atoms with Gasteiger partial charge in [0.2, 0.25) is 5.82 Å². The molecule has 0 aliphatic rings. The van der Waals surface area contributed by atoms with Crippen molar-refractivity contribution in [2.24, 2.45) is 0 Å². The van der Waals surface area contributed by atoms with E-state index in [0.717, 1.165) is 7.11 Å². The number of carbonyl (C=O) groups is 1. The zero-order valence-corrected chi connectivity index (χ0v) is 10.7. The van der Waals surface area contributed by atoms with Crippen molar-refractivity contribution in [2.75, 3.05) is 7.11 Å². The van der Waals surface area contributed by atoms with Crippen LogP contribution in [0.25, 0.3) is 11.1 Å². The van der Waals surface area contributed by atoms with Gasteiger partial charge in [-0.05, 0) is 6.07 Å². The van der Waals surface area contributed by atoms with Crippen molar-refractivity contribution in [3.8, 4) is 11.1 Å². The van der Waals surface area contributed by atoms with Crippen LogP contribution in [-0.2, 0) is 4.74 Å². The Hall–Kier alpha value is -2.58. The van der Waals surface area contributed by atoms with E-state index in [4.69, 9.17) is 0 Å². The summed E-state index contributed by atoms with van der Waals surface area (Å²) in [5.41, 5.74) is -2.87. The Kier molecular flexibility index (Phi) is 4.07. The number of hydrogen-bond donors (Lipinski definition) is 0. The molecule has 22 heavy (non-hydrogen) atoms. The highest BCUT2D eigenvalue weighted by atomic mass is 19.2. The van der Waals surface area contributed by atoms with E-state index >= 15 is 0 Å². The Balaban J connectivity index is 2.68. The third-order valence-electron chi connectivity index (χ3n) is 2.72. The minimum absolute atomic E-state index is 0.414. The van der Waals surface area contributed by atoms with E-state index in [-0.39, 0.29) is 0 Å². The van der Waals surface area contributed by atoms with Gasteiger partial charge in [0.05, 0.1) is 12.7 Å². The predicted octanol–water partition coefficient (Wildman–Crippen LogP) is 3.37. The Bertz CT molecular complexity index is 749. The summed E-state index contributed by atoms with van der Waals surface area (Å²) in [7, 11) is 0.946. The van der Waals surface area contributed by atoms with Crippen molar-refractivity contribution in [2.45, 2.75) is 0 Å². The second kappa shape index (κ2) is 5.66. The number of rotatable bonds is 2. The third kappa shape index (κ3) is 2.38. The second-order valence-electron chi connectivity index (χ2n) is 3.99. The minimum Gasteiger partial charge on any atom is -0.464 e. The van der Waals surface area contributed by atoms with E-state index in [2.05, 4.69) is 9.72 Å². The molecule has 116 valence electrons. The van der Waals surface area contributed by atoms with E-state index in [1.54, 1.807) is 0 Å². The van der Waals surface area contributed by atoms with E-state index in [0.29, 0.717) is 12.3 Å². The number of benzene rings is 1. The lowest BCUT2D eigenvalue weighted by Gasteiger charge is -2.09. The third-order valence-corrected chi connectivity index (χ3v) is 2.72. The molecule has 0 radical (unpaired) electrons. The highest BCUT2D eigenvalue weighted by Crippen LogP contribution is 2.31. The number of nitrogens with zero attached hydrogens (tertiary/aromatic N) is 1. The first-order valence-electron chi connectivity index (χ1n) is 5.55. The van der Waals surface area contributed by atoms with Crippen LogP contribution in [0, 0.1) is 34.9 Å². The summed E-state index contributed by atoms with van der Waals surface area (Å²) >= 11 is 0. The lowest BCUT2D eigenvalue weighted by atomic mass is 10.0. The van der Waals surface area contributed by atoms with Gasteiger partial charge in [0.15, 0.2) is 34.8 Å². The molecule has 2 rings (SSSR count). The monoisotopic (exact) mass is 321 g/mol. The highest BCUT2D eigenvalue weighted by molar-refractivity contribution is 5.87. The molecule has 0 amide bonds. The smallest absolute Gasteiger partial charge is 0.359 e. The van der Waals surface area contributed by atoms with Gasteiger partial charge in [0, 0.05) is 11.8 Å². The van der Waals surface area contributed by atoms with Crippen molar-refractivity contribution in [3.05, 3.63) is 52.9 Å². The van der Waals surface area contributed by atoms with E-state index in [9.17, 15) is 31.1 Å². The van der Waals surface area contributed by atoms with Crippen molar-refractivity contribution in [1.29, 1.82) is 0 Å². The molecule has 0 aliphatic carbocycles. The zero-order chi connectivity index (χ0) is 16.6. The molecule has 0 fully saturated rings. The van der Waals surface area contributed by atoms with Gasteiger partial charge >= 0.3 is 5.97 Å². The van der Waals surface area contributed by atoms with Crippen LogP contribution in [0.2, 0.25) is 0 Å². The zero-order valence-electron chi connectivity index (χ0n) is 10.7. The Morgan fingerprint density at radius 3 is 1.91 bits per heavy atom. The number of esters is 1. The molecule has 1 heterocycles. The summed E-state index contributed by atoms with van der Waals surface area (Å²) in [4.78, 5) is 14.4. The average molecular weight is 321 g/mol. The van der Waals surface area contributed by atoms with Crippen molar-refractivity contribution in [3.63, 3.8) is 0 Å². The molecule has 9 heteroatoms. The van der Waals surface area contributed by atoms with Crippen LogP contribution in [0.4, 0.5) is 26.3 Å². The van der Waals surface area contributed by atoms with Crippen molar-refractivity contribution >= 4 is 5.97 Å². The molecule has 0 bridgehead atoms. The standard InChI is InChI=1S/C13H5F6NO2/c1-22-13(21)12-5(14)2-4(3-20-12)6-7(15)9(17)11(19)10(18)8(6)16/h2-3H,1H3. The Morgan fingerprint density at radius 1 is 0.955 bits per heavy atom. The fourth-order valence-electron chi connectivity index (χ4n) is 1.68. The van der Waals surface area contributed by atoms with Crippen molar-refractivity contribution in [1.82, 2.24) is 4.98 Å². The number of halogens is 6. The summed E-state index contributed by atoms with van der Waals surface area (Å²) in [5.74, 6) is -13.5. The molecule has 0 saturated carbocycles. The maximum atomic E-state index is 13.6. The summed E-state index contributed by atoms with van der Waals surface area (Å²) in [6.45, 7) is 0. The van der Waals surface area contributed by atoms with Gasteiger partial charge in [-0.1, -0.05) is 0 Å². The summed E-state index contributed by atoms with van der Waals surface area (Å²) < 4.78 is 84.2. The molecule has 1 aromatic carbocycles. The molecule has 0 N–H and O–H groups in total. The first-order valence-corrected chi connectivity index (χ1v) is 5.55. The van der Waals surface area contributed by atoms with E-state index in [1.165, 1.54) is 0 Å². The fourth-order valence-corrected chi connectivity index (χ4v) is 1.68. The normalized spacial score (nSPS) is 10.7. The van der Waals surface area contributed by atoms with Crippen LogP contribution in [0.5, 0.6) is 0 Å². The van der Waals surface area contributed by atoms with E-state index in [1.807, 2.05) is 0 Å². The topological polar surface area (TPSA) is 39.2 Å². The Morgan fingerprint density at radius 2 is 1.45 bits per heavy atom. The molecule has 1 aromatic heterocycles. The summed E-state index contributed by atoms with van der Waals surface area (Å²) in [5, 5.41) is 0. The molecular weight excluding hydrogens is 316 g/mol. The van der Waals surface area contributed by atoms with Gasteiger partial charge in [-0.3, -0.25) is 0 Å². The number of methoxy groups -OCH3 is 1. The molecular formula is C13H5F6NO2. The van der Waals surface area contributed by atoms with Crippen LogP contribution < -0.4 is 0 Å². The molecule has 0 aliphatic heterocycles. The van der Waals surface area contributed by atoms with Crippen LogP contribution in [-0.4, -0.2) is 18.1 Å². The van der Waals surface area contributed by atoms with Crippen LogP contribution in [0.15, 0.2) is 12.3 Å². The highest BCUT2D eigenvalue weighted by Gasteiger charge is 2.27. The molecule has 0 saturated heterocycles. The fraction of sp³-hybridized carbons (Fsp3) is 0.0769. The molecule has 0 spiro atoms. The van der Waals surface area contributed by atoms with Crippen LogP contribution in [0.1, 0.15) is 10.5 Å². The van der Waals surface area contributed by atoms with Gasteiger partial charge in [0.25, 0.3) is 0 Å². The van der Waals surface area contributed by atoms with E-state index < -0.39 is 57.7 Å². The number of pyridine rings is 1. The predicted molar refractivity (Wildman–Crippen MR) is 60.8 cm³/mol. The van der Waals surface area contributed by atoms with Gasteiger partial charge < -0.3 is 4.74 Å². The number of carbonyl (C=O) groups excluding carboxylic acids is 1. The van der Waals surface area contributed by atoms with Gasteiger partial charge in [-0.25, -0.2) is 36.1 Å². The SMILES string of the molecule is COC(=O)c1ncc(-c2c(F)c(F)c(F)c(F)c2F)cc1F. The molecule has 3 nitrogen and oxygen atoms in total.